The zero-order valence-corrected chi connectivity index (χ0v) is 14.0. The third kappa shape index (κ3) is 4.00. The summed E-state index contributed by atoms with van der Waals surface area (Å²) in [4.78, 5) is 0. The van der Waals surface area contributed by atoms with Gasteiger partial charge in [0, 0.05) is 0 Å². The zero-order valence-electron chi connectivity index (χ0n) is 13.2. The van der Waals surface area contributed by atoms with Gasteiger partial charge in [0.05, 0.1) is 19.8 Å². The Morgan fingerprint density at radius 3 is 2.73 bits per heavy atom. The normalized spacial score (nSPS) is 10.5. The molecule has 0 aliphatic rings. The molecule has 7 heteroatoms. The lowest BCUT2D eigenvalue weighted by atomic mass is 10.2. The summed E-state index contributed by atoms with van der Waals surface area (Å²) < 4.78 is 13.7. The van der Waals surface area contributed by atoms with Crippen LogP contribution in [0.1, 0.15) is 31.7 Å². The monoisotopic (exact) mass is 322 g/mol. The molecule has 0 aliphatic carbocycles. The molecule has 120 valence electrons. The van der Waals surface area contributed by atoms with Crippen LogP contribution in [0.2, 0.25) is 0 Å². The lowest BCUT2D eigenvalue weighted by molar-refractivity contribution is 0.276. The van der Waals surface area contributed by atoms with Crippen LogP contribution >= 0.6 is 12.2 Å². The Morgan fingerprint density at radius 1 is 1.27 bits per heavy atom. The van der Waals surface area contributed by atoms with Crippen LogP contribution in [0.3, 0.4) is 0 Å². The summed E-state index contributed by atoms with van der Waals surface area (Å²) in [6.45, 7) is 7.82. The number of aromatic nitrogens is 3. The number of aryl methyl sites for hydroxylation is 1. The van der Waals surface area contributed by atoms with E-state index in [1.807, 2.05) is 32.0 Å². The first-order chi connectivity index (χ1) is 10.7. The fraction of sp³-hybridized carbons (Fsp3) is 0.467. The summed E-state index contributed by atoms with van der Waals surface area (Å²) in [6, 6.07) is 5.94. The van der Waals surface area contributed by atoms with Crippen molar-refractivity contribution >= 4 is 12.2 Å². The van der Waals surface area contributed by atoms with Crippen molar-refractivity contribution in [1.82, 2.24) is 14.9 Å². The fourth-order valence-corrected chi connectivity index (χ4v) is 2.24. The van der Waals surface area contributed by atoms with Gasteiger partial charge in [0.2, 0.25) is 4.77 Å². The first-order valence-electron chi connectivity index (χ1n) is 7.42. The van der Waals surface area contributed by atoms with Crippen LogP contribution in [0.4, 0.5) is 0 Å². The van der Waals surface area contributed by atoms with Gasteiger partial charge in [0.15, 0.2) is 11.5 Å². The summed E-state index contributed by atoms with van der Waals surface area (Å²) in [5.41, 5.74) is 4.31. The Labute approximate surface area is 135 Å². The number of hydrogen-bond donors (Lipinski definition) is 2. The van der Waals surface area contributed by atoms with Gasteiger partial charge in [-0.25, -0.2) is 4.68 Å². The van der Waals surface area contributed by atoms with Gasteiger partial charge in [-0.15, -0.1) is 0 Å². The number of hydrogen-bond acceptors (Lipinski definition) is 5. The largest absolute Gasteiger partial charge is 0.490 e. The van der Waals surface area contributed by atoms with Gasteiger partial charge in [-0.1, -0.05) is 13.0 Å². The molecule has 0 radical (unpaired) electrons. The minimum Gasteiger partial charge on any atom is -0.490 e. The average Bonchev–Trinajstić information content (AvgIpc) is 2.83. The highest BCUT2D eigenvalue weighted by molar-refractivity contribution is 7.71. The second kappa shape index (κ2) is 7.84. The average molecular weight is 322 g/mol. The van der Waals surface area contributed by atoms with E-state index < -0.39 is 0 Å². The third-order valence-electron chi connectivity index (χ3n) is 3.05. The van der Waals surface area contributed by atoms with E-state index in [9.17, 15) is 0 Å². The van der Waals surface area contributed by atoms with Crippen molar-refractivity contribution in [3.8, 4) is 11.5 Å². The van der Waals surface area contributed by atoms with Crippen molar-refractivity contribution in [2.75, 3.05) is 18.6 Å². The molecule has 2 aromatic rings. The fourth-order valence-electron chi connectivity index (χ4n) is 1.99. The molecule has 2 rings (SSSR count). The van der Waals surface area contributed by atoms with E-state index in [0.29, 0.717) is 24.5 Å². The Morgan fingerprint density at radius 2 is 2.09 bits per heavy atom. The molecule has 2 N–H and O–H groups in total. The van der Waals surface area contributed by atoms with E-state index in [1.54, 1.807) is 4.68 Å². The van der Waals surface area contributed by atoms with Crippen LogP contribution in [0.5, 0.6) is 11.5 Å². The van der Waals surface area contributed by atoms with Gasteiger partial charge in [-0.05, 0) is 50.2 Å². The Balaban J connectivity index is 2.11. The molecule has 0 amide bonds. The first-order valence-corrected chi connectivity index (χ1v) is 7.83. The van der Waals surface area contributed by atoms with E-state index in [2.05, 4.69) is 22.5 Å². The van der Waals surface area contributed by atoms with Gasteiger partial charge in [0.25, 0.3) is 0 Å². The molecule has 0 atom stereocenters. The maximum Gasteiger partial charge on any atom is 0.214 e. The van der Waals surface area contributed by atoms with Gasteiger partial charge < -0.3 is 14.9 Å². The van der Waals surface area contributed by atoms with Crippen molar-refractivity contribution in [3.05, 3.63) is 34.4 Å². The lowest BCUT2D eigenvalue weighted by Crippen LogP contribution is -2.16. The maximum absolute atomic E-state index is 5.70. The summed E-state index contributed by atoms with van der Waals surface area (Å²) in [5, 5.41) is 6.81. The molecule has 0 aliphatic heterocycles. The van der Waals surface area contributed by atoms with Crippen LogP contribution in [0, 0.1) is 11.7 Å². The molecule has 0 fully saturated rings. The molecule has 1 aromatic heterocycles. The Hall–Kier alpha value is -2.02. The van der Waals surface area contributed by atoms with Crippen LogP contribution in [0.25, 0.3) is 0 Å². The summed E-state index contributed by atoms with van der Waals surface area (Å²) in [5.74, 6) is 2.34. The van der Waals surface area contributed by atoms with E-state index in [-0.39, 0.29) is 0 Å². The third-order valence-corrected chi connectivity index (χ3v) is 3.32. The number of nitrogens with zero attached hydrogens (tertiary/aromatic N) is 2. The van der Waals surface area contributed by atoms with Gasteiger partial charge in [-0.3, -0.25) is 5.10 Å². The van der Waals surface area contributed by atoms with Crippen molar-refractivity contribution in [1.29, 1.82) is 0 Å². The summed E-state index contributed by atoms with van der Waals surface area (Å²) in [6.07, 6.45) is 0.965. The molecule has 0 spiro atoms. The highest BCUT2D eigenvalue weighted by Crippen LogP contribution is 2.28. The van der Waals surface area contributed by atoms with Crippen LogP contribution in [-0.4, -0.2) is 28.1 Å². The second-order valence-electron chi connectivity index (χ2n) is 4.81. The standard InChI is InChI=1S/C15H22N4O2S/c1-4-8-21-13-7-6-12(9-14(13)20-5-2)10-16-19-11(3)17-18-15(19)22/h6-7,9,16H,4-5,8,10H2,1-3H3,(H,18,22). The molecular formula is C15H22N4O2S. The number of rotatable bonds is 8. The summed E-state index contributed by atoms with van der Waals surface area (Å²) in [7, 11) is 0. The smallest absolute Gasteiger partial charge is 0.214 e. The SMILES string of the molecule is CCCOc1ccc(CNn2c(C)n[nH]c2=S)cc1OCC. The van der Waals surface area contributed by atoms with Crippen molar-refractivity contribution in [2.45, 2.75) is 33.7 Å². The zero-order chi connectivity index (χ0) is 15.9. The molecule has 22 heavy (non-hydrogen) atoms. The van der Waals surface area contributed by atoms with E-state index >= 15 is 0 Å². The van der Waals surface area contributed by atoms with E-state index in [0.717, 1.165) is 29.3 Å². The molecule has 0 saturated heterocycles. The van der Waals surface area contributed by atoms with Gasteiger partial charge in [-0.2, -0.15) is 5.10 Å². The lowest BCUT2D eigenvalue weighted by Gasteiger charge is -2.14. The minimum atomic E-state index is 0.547. The predicted molar refractivity (Wildman–Crippen MR) is 88.6 cm³/mol. The van der Waals surface area contributed by atoms with Crippen molar-refractivity contribution in [2.24, 2.45) is 0 Å². The number of ether oxygens (including phenoxy) is 2. The van der Waals surface area contributed by atoms with Gasteiger partial charge in [0.1, 0.15) is 5.82 Å². The van der Waals surface area contributed by atoms with E-state index in [1.165, 1.54) is 0 Å². The molecular weight excluding hydrogens is 300 g/mol. The molecule has 1 heterocycles. The molecule has 0 bridgehead atoms. The number of benzene rings is 1. The topological polar surface area (TPSA) is 64.1 Å². The Bertz CT molecular complexity index is 666. The Kier molecular flexibility index (Phi) is 5.83. The quantitative estimate of drug-likeness (QED) is 0.731. The van der Waals surface area contributed by atoms with E-state index in [4.69, 9.17) is 21.7 Å². The highest BCUT2D eigenvalue weighted by Gasteiger charge is 2.07. The predicted octanol–water partition coefficient (Wildman–Crippen LogP) is 3.18. The van der Waals surface area contributed by atoms with Crippen LogP contribution < -0.4 is 14.9 Å². The van der Waals surface area contributed by atoms with Crippen molar-refractivity contribution < 1.29 is 9.47 Å². The van der Waals surface area contributed by atoms with Gasteiger partial charge >= 0.3 is 0 Å². The second-order valence-corrected chi connectivity index (χ2v) is 5.20. The number of H-pyrrole nitrogens is 1. The number of nitrogens with one attached hydrogen (secondary N) is 2. The molecule has 6 nitrogen and oxygen atoms in total. The first kappa shape index (κ1) is 16.4. The molecule has 0 saturated carbocycles. The summed E-state index contributed by atoms with van der Waals surface area (Å²) >= 11 is 5.16. The molecule has 0 unspecified atom stereocenters. The molecule has 1 aromatic carbocycles. The van der Waals surface area contributed by atoms with Crippen molar-refractivity contribution in [3.63, 3.8) is 0 Å². The maximum atomic E-state index is 5.70. The number of aromatic amines is 1. The minimum absolute atomic E-state index is 0.547. The van der Waals surface area contributed by atoms with Crippen LogP contribution in [0.15, 0.2) is 18.2 Å². The highest BCUT2D eigenvalue weighted by atomic mass is 32.1. The van der Waals surface area contributed by atoms with Crippen LogP contribution in [-0.2, 0) is 6.54 Å².